The number of nitrogens with two attached hydrogens (primary N) is 1. The van der Waals surface area contributed by atoms with Crippen molar-refractivity contribution in [1.29, 1.82) is 0 Å². The summed E-state index contributed by atoms with van der Waals surface area (Å²) in [6.45, 7) is 10.0. The summed E-state index contributed by atoms with van der Waals surface area (Å²) in [5, 5.41) is 0. The van der Waals surface area contributed by atoms with E-state index in [0.29, 0.717) is 12.6 Å². The van der Waals surface area contributed by atoms with Gasteiger partial charge in [-0.3, -0.25) is 4.90 Å². The first-order chi connectivity index (χ1) is 9.12. The van der Waals surface area contributed by atoms with Crippen LogP contribution in [-0.2, 0) is 17.8 Å². The van der Waals surface area contributed by atoms with Crippen molar-refractivity contribution in [3.8, 4) is 0 Å². The number of rotatable bonds is 8. The summed E-state index contributed by atoms with van der Waals surface area (Å²) < 4.78 is 5.21. The standard InChI is InChI=1S/C16H28N2O/c1-5-14(3)18(8-9-19-4)12-16-7-6-15(11-17)10-13(16)2/h6-7,10,14H,5,8-9,11-12,17H2,1-4H3. The average molecular weight is 264 g/mol. The number of ether oxygens (including phenoxy) is 1. The predicted octanol–water partition coefficient (Wildman–Crippen LogP) is 2.70. The van der Waals surface area contributed by atoms with Gasteiger partial charge in [0, 0.05) is 32.8 Å². The molecule has 19 heavy (non-hydrogen) atoms. The minimum Gasteiger partial charge on any atom is -0.383 e. The first-order valence-corrected chi connectivity index (χ1v) is 7.13. The smallest absolute Gasteiger partial charge is 0.0589 e. The van der Waals surface area contributed by atoms with Crippen LogP contribution in [0.3, 0.4) is 0 Å². The van der Waals surface area contributed by atoms with Crippen LogP contribution in [0, 0.1) is 6.92 Å². The van der Waals surface area contributed by atoms with E-state index in [4.69, 9.17) is 10.5 Å². The number of aryl methyl sites for hydroxylation is 1. The summed E-state index contributed by atoms with van der Waals surface area (Å²) in [6, 6.07) is 7.11. The fraction of sp³-hybridized carbons (Fsp3) is 0.625. The lowest BCUT2D eigenvalue weighted by Crippen LogP contribution is -2.35. The van der Waals surface area contributed by atoms with Gasteiger partial charge < -0.3 is 10.5 Å². The van der Waals surface area contributed by atoms with Gasteiger partial charge in [0.15, 0.2) is 0 Å². The van der Waals surface area contributed by atoms with Crippen LogP contribution in [0.2, 0.25) is 0 Å². The molecule has 3 heteroatoms. The van der Waals surface area contributed by atoms with Crippen LogP contribution in [0.15, 0.2) is 18.2 Å². The van der Waals surface area contributed by atoms with Crippen molar-refractivity contribution in [1.82, 2.24) is 4.90 Å². The van der Waals surface area contributed by atoms with Crippen molar-refractivity contribution in [2.24, 2.45) is 5.73 Å². The molecular weight excluding hydrogens is 236 g/mol. The fourth-order valence-corrected chi connectivity index (χ4v) is 2.20. The Morgan fingerprint density at radius 3 is 2.63 bits per heavy atom. The van der Waals surface area contributed by atoms with Crippen molar-refractivity contribution >= 4 is 0 Å². The molecule has 0 aliphatic heterocycles. The molecule has 1 unspecified atom stereocenters. The summed E-state index contributed by atoms with van der Waals surface area (Å²) in [7, 11) is 1.76. The summed E-state index contributed by atoms with van der Waals surface area (Å²) in [6.07, 6.45) is 1.16. The van der Waals surface area contributed by atoms with Crippen molar-refractivity contribution in [3.63, 3.8) is 0 Å². The number of nitrogens with zero attached hydrogens (tertiary/aromatic N) is 1. The highest BCUT2D eigenvalue weighted by molar-refractivity contribution is 5.31. The third-order valence-electron chi connectivity index (χ3n) is 3.81. The molecule has 0 aliphatic rings. The zero-order valence-corrected chi connectivity index (χ0v) is 12.8. The second-order valence-electron chi connectivity index (χ2n) is 5.19. The third kappa shape index (κ3) is 4.94. The fourth-order valence-electron chi connectivity index (χ4n) is 2.20. The Kier molecular flexibility index (Phi) is 7.06. The zero-order valence-electron chi connectivity index (χ0n) is 12.8. The van der Waals surface area contributed by atoms with E-state index in [1.165, 1.54) is 16.7 Å². The molecule has 1 aromatic rings. The van der Waals surface area contributed by atoms with Crippen molar-refractivity contribution in [3.05, 3.63) is 34.9 Å². The Balaban J connectivity index is 2.77. The van der Waals surface area contributed by atoms with Gasteiger partial charge in [-0.1, -0.05) is 25.1 Å². The molecule has 108 valence electrons. The molecule has 0 amide bonds. The summed E-state index contributed by atoms with van der Waals surface area (Å²) >= 11 is 0. The van der Waals surface area contributed by atoms with Crippen LogP contribution >= 0.6 is 0 Å². The second kappa shape index (κ2) is 8.31. The summed E-state index contributed by atoms with van der Waals surface area (Å²) in [4.78, 5) is 2.48. The zero-order chi connectivity index (χ0) is 14.3. The lowest BCUT2D eigenvalue weighted by Gasteiger charge is -2.28. The minimum atomic E-state index is 0.573. The molecule has 0 saturated heterocycles. The quantitative estimate of drug-likeness (QED) is 0.784. The molecule has 1 rings (SSSR count). The van der Waals surface area contributed by atoms with Crippen LogP contribution < -0.4 is 5.73 Å². The highest BCUT2D eigenvalue weighted by atomic mass is 16.5. The van der Waals surface area contributed by atoms with Crippen LogP contribution in [0.4, 0.5) is 0 Å². The molecule has 1 aromatic carbocycles. The van der Waals surface area contributed by atoms with Gasteiger partial charge in [0.1, 0.15) is 0 Å². The van der Waals surface area contributed by atoms with Gasteiger partial charge in [-0.05, 0) is 37.0 Å². The maximum atomic E-state index is 5.68. The molecule has 0 radical (unpaired) electrons. The Morgan fingerprint density at radius 2 is 2.11 bits per heavy atom. The highest BCUT2D eigenvalue weighted by Gasteiger charge is 2.13. The van der Waals surface area contributed by atoms with Crippen LogP contribution in [0.1, 0.15) is 37.0 Å². The maximum Gasteiger partial charge on any atom is 0.0589 e. The molecule has 0 saturated carbocycles. The Morgan fingerprint density at radius 1 is 1.37 bits per heavy atom. The normalized spacial score (nSPS) is 12.9. The van der Waals surface area contributed by atoms with Gasteiger partial charge in [0.25, 0.3) is 0 Å². The van der Waals surface area contributed by atoms with Gasteiger partial charge in [-0.25, -0.2) is 0 Å². The molecule has 0 aromatic heterocycles. The van der Waals surface area contributed by atoms with E-state index >= 15 is 0 Å². The highest BCUT2D eigenvalue weighted by Crippen LogP contribution is 2.16. The average Bonchev–Trinajstić information content (AvgIpc) is 2.43. The van der Waals surface area contributed by atoms with E-state index < -0.39 is 0 Å². The Labute approximate surface area is 117 Å². The van der Waals surface area contributed by atoms with E-state index in [1.54, 1.807) is 7.11 Å². The first-order valence-electron chi connectivity index (χ1n) is 7.13. The lowest BCUT2D eigenvalue weighted by atomic mass is 10.0. The third-order valence-corrected chi connectivity index (χ3v) is 3.81. The SMILES string of the molecule is CCC(C)N(CCOC)Cc1ccc(CN)cc1C. The van der Waals surface area contributed by atoms with E-state index in [1.807, 2.05) is 0 Å². The molecule has 3 nitrogen and oxygen atoms in total. The largest absolute Gasteiger partial charge is 0.383 e. The van der Waals surface area contributed by atoms with E-state index in [0.717, 1.165) is 26.1 Å². The van der Waals surface area contributed by atoms with E-state index in [2.05, 4.69) is 43.9 Å². The van der Waals surface area contributed by atoms with Gasteiger partial charge in [-0.15, -0.1) is 0 Å². The van der Waals surface area contributed by atoms with Crippen LogP contribution in [0.25, 0.3) is 0 Å². The summed E-state index contributed by atoms with van der Waals surface area (Å²) in [5.41, 5.74) is 9.59. The number of hydrogen-bond acceptors (Lipinski definition) is 3. The van der Waals surface area contributed by atoms with Crippen LogP contribution in [0.5, 0.6) is 0 Å². The van der Waals surface area contributed by atoms with Crippen molar-refractivity contribution < 1.29 is 4.74 Å². The topological polar surface area (TPSA) is 38.5 Å². The predicted molar refractivity (Wildman–Crippen MR) is 81.1 cm³/mol. The van der Waals surface area contributed by atoms with Gasteiger partial charge in [0.05, 0.1) is 6.61 Å². The van der Waals surface area contributed by atoms with E-state index in [-0.39, 0.29) is 0 Å². The van der Waals surface area contributed by atoms with Gasteiger partial charge in [-0.2, -0.15) is 0 Å². The molecule has 0 fully saturated rings. The number of benzene rings is 1. The maximum absolute atomic E-state index is 5.68. The Bertz CT molecular complexity index is 379. The first kappa shape index (κ1) is 16.2. The molecular formula is C16H28N2O. The number of hydrogen-bond donors (Lipinski definition) is 1. The lowest BCUT2D eigenvalue weighted by molar-refractivity contribution is 0.118. The van der Waals surface area contributed by atoms with Gasteiger partial charge >= 0.3 is 0 Å². The molecule has 1 atom stereocenters. The van der Waals surface area contributed by atoms with Crippen molar-refractivity contribution in [2.45, 2.75) is 46.3 Å². The molecule has 0 spiro atoms. The number of methoxy groups -OCH3 is 1. The monoisotopic (exact) mass is 264 g/mol. The minimum absolute atomic E-state index is 0.573. The van der Waals surface area contributed by atoms with Gasteiger partial charge in [0.2, 0.25) is 0 Å². The molecule has 0 aliphatic carbocycles. The molecule has 2 N–H and O–H groups in total. The summed E-state index contributed by atoms with van der Waals surface area (Å²) in [5.74, 6) is 0. The Hall–Kier alpha value is -0.900. The second-order valence-corrected chi connectivity index (χ2v) is 5.19. The molecule has 0 heterocycles. The molecule has 0 bridgehead atoms. The van der Waals surface area contributed by atoms with E-state index in [9.17, 15) is 0 Å². The van der Waals surface area contributed by atoms with Crippen LogP contribution in [-0.4, -0.2) is 31.2 Å². The van der Waals surface area contributed by atoms with Crippen molar-refractivity contribution in [2.75, 3.05) is 20.3 Å².